The second-order valence-corrected chi connectivity index (χ2v) is 7.24. The Bertz CT molecular complexity index is 294. The van der Waals surface area contributed by atoms with E-state index in [0.717, 1.165) is 31.8 Å². The van der Waals surface area contributed by atoms with Crippen molar-refractivity contribution in [2.24, 2.45) is 0 Å². The molecule has 20 heavy (non-hydrogen) atoms. The lowest BCUT2D eigenvalue weighted by Crippen LogP contribution is -2.48. The fraction of sp³-hybridized carbons (Fsp3) is 0.933. The van der Waals surface area contributed by atoms with Crippen molar-refractivity contribution < 1.29 is 9.53 Å². The SMILES string of the molecule is CCS[C@@H]1CCCC[C@H]1NCC(=O)NC1CCOCC1. The van der Waals surface area contributed by atoms with Gasteiger partial charge >= 0.3 is 0 Å². The average Bonchev–Trinajstić information content (AvgIpc) is 2.48. The molecule has 4 nitrogen and oxygen atoms in total. The van der Waals surface area contributed by atoms with Crippen molar-refractivity contribution in [1.29, 1.82) is 0 Å². The third-order valence-corrected chi connectivity index (χ3v) is 5.52. The summed E-state index contributed by atoms with van der Waals surface area (Å²) in [7, 11) is 0. The number of hydrogen-bond donors (Lipinski definition) is 2. The van der Waals surface area contributed by atoms with Crippen LogP contribution >= 0.6 is 11.8 Å². The Kier molecular flexibility index (Phi) is 7.17. The van der Waals surface area contributed by atoms with Crippen molar-refractivity contribution in [2.75, 3.05) is 25.5 Å². The first-order valence-electron chi connectivity index (χ1n) is 8.01. The molecule has 0 bridgehead atoms. The maximum absolute atomic E-state index is 12.0. The van der Waals surface area contributed by atoms with Crippen LogP contribution in [0.3, 0.4) is 0 Å². The van der Waals surface area contributed by atoms with Crippen molar-refractivity contribution in [1.82, 2.24) is 10.6 Å². The van der Waals surface area contributed by atoms with E-state index in [1.807, 2.05) is 11.8 Å². The molecule has 116 valence electrons. The minimum Gasteiger partial charge on any atom is -0.381 e. The third kappa shape index (κ3) is 5.26. The molecule has 1 aliphatic carbocycles. The molecule has 2 rings (SSSR count). The summed E-state index contributed by atoms with van der Waals surface area (Å²) < 4.78 is 5.31. The molecule has 0 radical (unpaired) electrons. The van der Waals surface area contributed by atoms with E-state index in [1.165, 1.54) is 25.7 Å². The number of thioether (sulfide) groups is 1. The molecular formula is C15H28N2O2S. The van der Waals surface area contributed by atoms with Crippen molar-refractivity contribution in [3.05, 3.63) is 0 Å². The Labute approximate surface area is 126 Å². The van der Waals surface area contributed by atoms with Crippen LogP contribution in [0.2, 0.25) is 0 Å². The number of ether oxygens (including phenoxy) is 1. The summed E-state index contributed by atoms with van der Waals surface area (Å²) in [4.78, 5) is 12.0. The zero-order valence-electron chi connectivity index (χ0n) is 12.5. The van der Waals surface area contributed by atoms with Gasteiger partial charge in [0.1, 0.15) is 0 Å². The molecule has 1 aliphatic heterocycles. The average molecular weight is 300 g/mol. The zero-order valence-corrected chi connectivity index (χ0v) is 13.3. The van der Waals surface area contributed by atoms with Gasteiger partial charge in [-0.1, -0.05) is 19.8 Å². The van der Waals surface area contributed by atoms with Gasteiger partial charge in [0.15, 0.2) is 0 Å². The van der Waals surface area contributed by atoms with E-state index in [-0.39, 0.29) is 5.91 Å². The predicted octanol–water partition coefficient (Wildman–Crippen LogP) is 1.94. The summed E-state index contributed by atoms with van der Waals surface area (Å²) in [6.07, 6.45) is 7.02. The lowest BCUT2D eigenvalue weighted by atomic mass is 9.95. The molecule has 1 saturated heterocycles. The fourth-order valence-electron chi connectivity index (χ4n) is 3.09. The maximum atomic E-state index is 12.0. The van der Waals surface area contributed by atoms with Crippen LogP contribution in [0, 0.1) is 0 Å². The lowest BCUT2D eigenvalue weighted by Gasteiger charge is -2.32. The Hall–Kier alpha value is -0.260. The molecule has 2 N–H and O–H groups in total. The molecule has 0 aromatic rings. The van der Waals surface area contributed by atoms with E-state index < -0.39 is 0 Å². The van der Waals surface area contributed by atoms with E-state index >= 15 is 0 Å². The number of rotatable bonds is 6. The molecule has 2 fully saturated rings. The van der Waals surface area contributed by atoms with Gasteiger partial charge in [-0.15, -0.1) is 0 Å². The first-order valence-corrected chi connectivity index (χ1v) is 9.06. The molecule has 1 heterocycles. The van der Waals surface area contributed by atoms with Crippen LogP contribution in [0.1, 0.15) is 45.4 Å². The molecular weight excluding hydrogens is 272 g/mol. The minimum atomic E-state index is 0.141. The van der Waals surface area contributed by atoms with Crippen LogP contribution in [-0.4, -0.2) is 48.8 Å². The summed E-state index contributed by atoms with van der Waals surface area (Å²) in [6.45, 7) is 4.23. The van der Waals surface area contributed by atoms with Crippen molar-refractivity contribution in [3.63, 3.8) is 0 Å². The van der Waals surface area contributed by atoms with Crippen LogP contribution < -0.4 is 10.6 Å². The molecule has 0 aromatic carbocycles. The van der Waals surface area contributed by atoms with Gasteiger partial charge in [0.25, 0.3) is 0 Å². The highest BCUT2D eigenvalue weighted by molar-refractivity contribution is 7.99. The third-order valence-electron chi connectivity index (χ3n) is 4.19. The van der Waals surface area contributed by atoms with E-state index in [0.29, 0.717) is 23.9 Å². The van der Waals surface area contributed by atoms with E-state index in [1.54, 1.807) is 0 Å². The summed E-state index contributed by atoms with van der Waals surface area (Å²) in [5, 5.41) is 7.28. The summed E-state index contributed by atoms with van der Waals surface area (Å²) >= 11 is 2.04. The standard InChI is InChI=1S/C15H28N2O2S/c1-2-20-14-6-4-3-5-13(14)16-11-15(18)17-12-7-9-19-10-8-12/h12-14,16H,2-11H2,1H3,(H,17,18)/t13-,14-/m1/s1. The van der Waals surface area contributed by atoms with Gasteiger partial charge < -0.3 is 15.4 Å². The van der Waals surface area contributed by atoms with Crippen molar-refractivity contribution in [3.8, 4) is 0 Å². The fourth-order valence-corrected chi connectivity index (χ4v) is 4.31. The maximum Gasteiger partial charge on any atom is 0.234 e. The molecule has 0 aromatic heterocycles. The quantitative estimate of drug-likeness (QED) is 0.787. The molecule has 0 unspecified atom stereocenters. The minimum absolute atomic E-state index is 0.141. The van der Waals surface area contributed by atoms with Crippen LogP contribution in [-0.2, 0) is 9.53 Å². The predicted molar refractivity (Wildman–Crippen MR) is 84.2 cm³/mol. The normalized spacial score (nSPS) is 28.2. The molecule has 0 spiro atoms. The summed E-state index contributed by atoms with van der Waals surface area (Å²) in [5.74, 6) is 1.31. The highest BCUT2D eigenvalue weighted by atomic mass is 32.2. The second-order valence-electron chi connectivity index (χ2n) is 5.72. The van der Waals surface area contributed by atoms with Gasteiger partial charge in [0.2, 0.25) is 5.91 Å². The highest BCUT2D eigenvalue weighted by Gasteiger charge is 2.25. The largest absolute Gasteiger partial charge is 0.381 e. The Morgan fingerprint density at radius 3 is 2.70 bits per heavy atom. The summed E-state index contributed by atoms with van der Waals surface area (Å²) in [5.41, 5.74) is 0. The van der Waals surface area contributed by atoms with Gasteiger partial charge in [-0.3, -0.25) is 4.79 Å². The van der Waals surface area contributed by atoms with Gasteiger partial charge in [-0.05, 0) is 31.4 Å². The smallest absolute Gasteiger partial charge is 0.234 e. The molecule has 5 heteroatoms. The molecule has 2 aliphatic rings. The van der Waals surface area contributed by atoms with Crippen molar-refractivity contribution >= 4 is 17.7 Å². The lowest BCUT2D eigenvalue weighted by molar-refractivity contribution is -0.121. The molecule has 1 amide bonds. The first-order chi connectivity index (χ1) is 9.79. The van der Waals surface area contributed by atoms with E-state index in [9.17, 15) is 4.79 Å². The Morgan fingerprint density at radius 1 is 1.20 bits per heavy atom. The van der Waals surface area contributed by atoms with E-state index in [4.69, 9.17) is 4.74 Å². The zero-order chi connectivity index (χ0) is 14.2. The molecule has 1 saturated carbocycles. The van der Waals surface area contributed by atoms with Gasteiger partial charge in [0, 0.05) is 30.5 Å². The summed E-state index contributed by atoms with van der Waals surface area (Å²) in [6, 6.07) is 0.819. The Balaban J connectivity index is 1.68. The van der Waals surface area contributed by atoms with Crippen LogP contribution in [0.4, 0.5) is 0 Å². The number of amides is 1. The Morgan fingerprint density at radius 2 is 1.95 bits per heavy atom. The first kappa shape index (κ1) is 16.1. The van der Waals surface area contributed by atoms with Gasteiger partial charge in [-0.2, -0.15) is 11.8 Å². The topological polar surface area (TPSA) is 50.4 Å². The number of carbonyl (C=O) groups is 1. The van der Waals surface area contributed by atoms with Gasteiger partial charge in [-0.25, -0.2) is 0 Å². The van der Waals surface area contributed by atoms with Crippen molar-refractivity contribution in [2.45, 2.75) is 62.8 Å². The van der Waals surface area contributed by atoms with Crippen LogP contribution in [0.25, 0.3) is 0 Å². The number of carbonyl (C=O) groups excluding carboxylic acids is 1. The van der Waals surface area contributed by atoms with Crippen LogP contribution in [0.15, 0.2) is 0 Å². The molecule has 2 atom stereocenters. The van der Waals surface area contributed by atoms with Crippen LogP contribution in [0.5, 0.6) is 0 Å². The second kappa shape index (κ2) is 8.90. The highest BCUT2D eigenvalue weighted by Crippen LogP contribution is 2.28. The van der Waals surface area contributed by atoms with E-state index in [2.05, 4.69) is 17.6 Å². The number of nitrogens with one attached hydrogen (secondary N) is 2. The number of hydrogen-bond acceptors (Lipinski definition) is 4. The monoisotopic (exact) mass is 300 g/mol. The van der Waals surface area contributed by atoms with Gasteiger partial charge in [0.05, 0.1) is 6.54 Å².